The second kappa shape index (κ2) is 6.51. The number of rotatable bonds is 2. The van der Waals surface area contributed by atoms with Crippen LogP contribution in [-0.2, 0) is 7.05 Å². The largest absolute Gasteiger partial charge is 0.464 e. The van der Waals surface area contributed by atoms with Crippen molar-refractivity contribution in [3.05, 3.63) is 46.4 Å². The van der Waals surface area contributed by atoms with Gasteiger partial charge in [0.25, 0.3) is 5.56 Å². The van der Waals surface area contributed by atoms with E-state index in [0.717, 1.165) is 24.4 Å². The Kier molecular flexibility index (Phi) is 4.42. The molecule has 1 N–H and O–H groups in total. The number of hydrogen-bond acceptors (Lipinski definition) is 4. The summed E-state index contributed by atoms with van der Waals surface area (Å²) in [5.41, 5.74) is -0.332. The number of aromatic nitrogens is 2. The highest BCUT2D eigenvalue weighted by atomic mass is 16.3. The van der Waals surface area contributed by atoms with Crippen molar-refractivity contribution in [2.24, 2.45) is 13.0 Å². The number of likely N-dealkylation sites (tertiary alicyclic amines) is 1. The average molecular weight is 330 g/mol. The number of hydrogen-bond donors (Lipinski definition) is 1. The Morgan fingerprint density at radius 1 is 1.42 bits per heavy atom. The highest BCUT2D eigenvalue weighted by molar-refractivity contribution is 5.88. The van der Waals surface area contributed by atoms with Crippen LogP contribution >= 0.6 is 0 Å². The molecule has 128 valence electrons. The SMILES string of the molecule is Cc1ccc([C@H]2C[C@@H](C)CCN2C(=O)Nc2nccn(C)c2=O)o1. The minimum Gasteiger partial charge on any atom is -0.464 e. The average Bonchev–Trinajstić information content (AvgIpc) is 2.98. The standard InChI is InChI=1S/C17H22N4O3/c1-11-6-8-21(13(10-11)14-5-4-12(2)24-14)17(23)19-15-16(22)20(3)9-7-18-15/h4-5,7,9,11,13H,6,8,10H2,1-3H3,(H,18,19,23)/t11-,13+/m0/s1. The van der Waals surface area contributed by atoms with E-state index in [1.807, 2.05) is 19.1 Å². The molecule has 0 radical (unpaired) electrons. The molecule has 0 bridgehead atoms. The summed E-state index contributed by atoms with van der Waals surface area (Å²) in [5, 5.41) is 2.64. The van der Waals surface area contributed by atoms with Crippen LogP contribution in [0.15, 0.2) is 33.7 Å². The molecule has 0 saturated carbocycles. The van der Waals surface area contributed by atoms with Gasteiger partial charge in [-0.2, -0.15) is 0 Å². The molecule has 1 aliphatic heterocycles. The molecule has 0 aromatic carbocycles. The number of carbonyl (C=O) groups is 1. The first-order valence-electron chi connectivity index (χ1n) is 8.11. The van der Waals surface area contributed by atoms with Gasteiger partial charge in [-0.3, -0.25) is 10.1 Å². The number of nitrogens with one attached hydrogen (secondary N) is 1. The second-order valence-corrected chi connectivity index (χ2v) is 6.41. The molecule has 3 rings (SSSR count). The predicted octanol–water partition coefficient (Wildman–Crippen LogP) is 2.69. The highest BCUT2D eigenvalue weighted by Crippen LogP contribution is 2.35. The maximum atomic E-state index is 12.7. The smallest absolute Gasteiger partial charge is 0.323 e. The summed E-state index contributed by atoms with van der Waals surface area (Å²) in [6.07, 6.45) is 4.79. The van der Waals surface area contributed by atoms with Crippen LogP contribution < -0.4 is 10.9 Å². The number of anilines is 1. The van der Waals surface area contributed by atoms with Crippen LogP contribution in [0.3, 0.4) is 0 Å². The highest BCUT2D eigenvalue weighted by Gasteiger charge is 2.33. The van der Waals surface area contributed by atoms with Gasteiger partial charge in [-0.25, -0.2) is 9.78 Å². The third-order valence-corrected chi connectivity index (χ3v) is 4.46. The van der Waals surface area contributed by atoms with Crippen molar-refractivity contribution in [2.75, 3.05) is 11.9 Å². The monoisotopic (exact) mass is 330 g/mol. The zero-order valence-electron chi connectivity index (χ0n) is 14.2. The van der Waals surface area contributed by atoms with Gasteiger partial charge in [0.05, 0.1) is 6.04 Å². The first-order valence-corrected chi connectivity index (χ1v) is 8.11. The van der Waals surface area contributed by atoms with Gasteiger partial charge < -0.3 is 13.9 Å². The number of nitrogens with zero attached hydrogens (tertiary/aromatic N) is 3. The van der Waals surface area contributed by atoms with Crippen LogP contribution in [0.25, 0.3) is 0 Å². The minimum atomic E-state index is -0.332. The van der Waals surface area contributed by atoms with Crippen LogP contribution in [-0.4, -0.2) is 27.0 Å². The molecule has 0 unspecified atom stereocenters. The Morgan fingerprint density at radius 2 is 2.21 bits per heavy atom. The molecule has 1 fully saturated rings. The molecule has 7 nitrogen and oxygen atoms in total. The minimum absolute atomic E-state index is 0.0398. The molecule has 1 saturated heterocycles. The van der Waals surface area contributed by atoms with Crippen LogP contribution in [0, 0.1) is 12.8 Å². The Labute approximate surface area is 140 Å². The molecule has 2 amide bonds. The topological polar surface area (TPSA) is 80.4 Å². The van der Waals surface area contributed by atoms with E-state index in [1.54, 1.807) is 18.1 Å². The van der Waals surface area contributed by atoms with Crippen molar-refractivity contribution in [3.8, 4) is 0 Å². The summed E-state index contributed by atoms with van der Waals surface area (Å²) in [6.45, 7) is 4.68. The predicted molar refractivity (Wildman–Crippen MR) is 89.8 cm³/mol. The molecule has 2 aromatic rings. The Balaban J connectivity index is 1.83. The second-order valence-electron chi connectivity index (χ2n) is 6.41. The van der Waals surface area contributed by atoms with Gasteiger partial charge in [0.15, 0.2) is 0 Å². The summed E-state index contributed by atoms with van der Waals surface area (Å²) < 4.78 is 7.12. The van der Waals surface area contributed by atoms with Crippen molar-refractivity contribution in [1.82, 2.24) is 14.5 Å². The van der Waals surface area contributed by atoms with Crippen molar-refractivity contribution in [3.63, 3.8) is 0 Å². The van der Waals surface area contributed by atoms with E-state index < -0.39 is 0 Å². The van der Waals surface area contributed by atoms with Crippen LogP contribution in [0.1, 0.15) is 37.3 Å². The first kappa shape index (κ1) is 16.3. The fourth-order valence-corrected chi connectivity index (χ4v) is 3.04. The summed E-state index contributed by atoms with van der Waals surface area (Å²) in [6, 6.07) is 3.36. The number of amides is 2. The van der Waals surface area contributed by atoms with E-state index in [2.05, 4.69) is 17.2 Å². The summed E-state index contributed by atoms with van der Waals surface area (Å²) in [7, 11) is 1.62. The van der Waals surface area contributed by atoms with Crippen LogP contribution in [0.4, 0.5) is 10.6 Å². The quantitative estimate of drug-likeness (QED) is 0.918. The third kappa shape index (κ3) is 3.20. The third-order valence-electron chi connectivity index (χ3n) is 4.46. The van der Waals surface area contributed by atoms with Gasteiger partial charge in [-0.05, 0) is 37.8 Å². The van der Waals surface area contributed by atoms with Gasteiger partial charge in [-0.15, -0.1) is 0 Å². The summed E-state index contributed by atoms with van der Waals surface area (Å²) >= 11 is 0. The van der Waals surface area contributed by atoms with E-state index in [4.69, 9.17) is 4.42 Å². The number of piperidine rings is 1. The van der Waals surface area contributed by atoms with E-state index in [9.17, 15) is 9.59 Å². The van der Waals surface area contributed by atoms with Crippen molar-refractivity contribution in [2.45, 2.75) is 32.7 Å². The zero-order chi connectivity index (χ0) is 17.3. The molecule has 3 heterocycles. The van der Waals surface area contributed by atoms with Gasteiger partial charge >= 0.3 is 6.03 Å². The van der Waals surface area contributed by atoms with Crippen molar-refractivity contribution < 1.29 is 9.21 Å². The zero-order valence-corrected chi connectivity index (χ0v) is 14.2. The number of furan rings is 1. The van der Waals surface area contributed by atoms with E-state index in [1.165, 1.54) is 10.8 Å². The lowest BCUT2D eigenvalue weighted by atomic mass is 9.91. The molecule has 0 spiro atoms. The van der Waals surface area contributed by atoms with Crippen molar-refractivity contribution >= 4 is 11.8 Å². The summed E-state index contributed by atoms with van der Waals surface area (Å²) in [4.78, 5) is 30.5. The van der Waals surface area contributed by atoms with Crippen molar-refractivity contribution in [1.29, 1.82) is 0 Å². The molecular formula is C17H22N4O3. The Bertz CT molecular complexity index is 795. The molecule has 24 heavy (non-hydrogen) atoms. The lowest BCUT2D eigenvalue weighted by Crippen LogP contribution is -2.43. The first-order chi connectivity index (χ1) is 11.5. The van der Waals surface area contributed by atoms with E-state index in [-0.39, 0.29) is 23.5 Å². The van der Waals surface area contributed by atoms with Gasteiger partial charge in [0.1, 0.15) is 11.5 Å². The molecule has 2 atom stereocenters. The van der Waals surface area contributed by atoms with Gasteiger partial charge in [0, 0.05) is 26.0 Å². The lowest BCUT2D eigenvalue weighted by molar-refractivity contribution is 0.128. The van der Waals surface area contributed by atoms with E-state index >= 15 is 0 Å². The van der Waals surface area contributed by atoms with Crippen LogP contribution in [0.2, 0.25) is 0 Å². The van der Waals surface area contributed by atoms with Gasteiger partial charge in [-0.1, -0.05) is 6.92 Å². The van der Waals surface area contributed by atoms with E-state index in [0.29, 0.717) is 12.5 Å². The molecule has 0 aliphatic carbocycles. The molecule has 7 heteroatoms. The molecule has 2 aromatic heterocycles. The molecule has 1 aliphatic rings. The lowest BCUT2D eigenvalue weighted by Gasteiger charge is -2.37. The maximum Gasteiger partial charge on any atom is 0.323 e. The number of aryl methyl sites for hydroxylation is 2. The fraction of sp³-hybridized carbons (Fsp3) is 0.471. The molecular weight excluding hydrogens is 308 g/mol. The number of carbonyl (C=O) groups excluding carboxylic acids is 1. The number of urea groups is 1. The Morgan fingerprint density at radius 3 is 2.92 bits per heavy atom. The fourth-order valence-electron chi connectivity index (χ4n) is 3.04. The van der Waals surface area contributed by atoms with Crippen LogP contribution in [0.5, 0.6) is 0 Å². The maximum absolute atomic E-state index is 12.7. The Hall–Kier alpha value is -2.57. The van der Waals surface area contributed by atoms with Gasteiger partial charge in [0.2, 0.25) is 5.82 Å². The summed E-state index contributed by atoms with van der Waals surface area (Å²) in [5.74, 6) is 2.15. The normalized spacial score (nSPS) is 20.9.